The van der Waals surface area contributed by atoms with Gasteiger partial charge in [0.15, 0.2) is 0 Å². The molecule has 21 nitrogen and oxygen atoms in total. The van der Waals surface area contributed by atoms with E-state index in [4.69, 9.17) is 10.8 Å². The Morgan fingerprint density at radius 2 is 0.988 bits per heavy atom. The number of amidine groups is 2. The molecule has 0 spiro atoms. The molecule has 0 bridgehead atoms. The van der Waals surface area contributed by atoms with Gasteiger partial charge in [0.2, 0.25) is 23.6 Å². The third-order valence-corrected chi connectivity index (χ3v) is 17.2. The number of aliphatic imine (C=N–C) groups is 4. The molecule has 6 aromatic rings. The maximum absolute atomic E-state index is 12.8. The van der Waals surface area contributed by atoms with Crippen molar-refractivity contribution in [3.63, 3.8) is 0 Å². The maximum atomic E-state index is 12.8. The van der Waals surface area contributed by atoms with Crippen molar-refractivity contribution in [2.75, 3.05) is 60.9 Å². The number of nitrogens with two attached hydrogens (primary N) is 1. The van der Waals surface area contributed by atoms with Gasteiger partial charge in [0.25, 0.3) is 5.91 Å². The summed E-state index contributed by atoms with van der Waals surface area (Å²) in [5, 5.41) is 11.5. The quantitative estimate of drug-likeness (QED) is 0.102. The van der Waals surface area contributed by atoms with Gasteiger partial charge in [-0.15, -0.1) is 0 Å². The zero-order chi connectivity index (χ0) is 60.4. The summed E-state index contributed by atoms with van der Waals surface area (Å²) in [4.78, 5) is 94.4. The molecule has 0 aliphatic carbocycles. The number of carbonyl (C=O) groups is 6. The molecule has 0 radical (unpaired) electrons. The van der Waals surface area contributed by atoms with Gasteiger partial charge in [0, 0.05) is 116 Å². The van der Waals surface area contributed by atoms with Gasteiger partial charge in [-0.3, -0.25) is 43.8 Å². The van der Waals surface area contributed by atoms with E-state index in [1.807, 2.05) is 133 Å². The molecule has 458 valence electrons. The lowest BCUT2D eigenvalue weighted by molar-refractivity contribution is -0.129. The molecule has 6 aliphatic heterocycles. The second-order valence-corrected chi connectivity index (χ2v) is 25.4. The van der Waals surface area contributed by atoms with Gasteiger partial charge < -0.3 is 44.2 Å². The second-order valence-electron chi connectivity index (χ2n) is 20.3. The fraction of sp³-hybridized carbons (Fsp3) is 0.367. The van der Waals surface area contributed by atoms with E-state index >= 15 is 0 Å². The number of benzene rings is 2. The summed E-state index contributed by atoms with van der Waals surface area (Å²) in [6, 6.07) is 26.5. The summed E-state index contributed by atoms with van der Waals surface area (Å²) in [7, 11) is 7.13. The number of nitrogens with one attached hydrogen (secondary N) is 1. The van der Waals surface area contributed by atoms with E-state index in [-0.39, 0.29) is 73.2 Å². The molecule has 26 heteroatoms. The first kappa shape index (κ1) is 68.8. The third kappa shape index (κ3) is 17.7. The number of fused-ring (bicyclic) bond motifs is 4. The number of hydrogen-bond acceptors (Lipinski definition) is 11. The minimum Gasteiger partial charge on any atom is -0.477 e. The smallest absolute Gasteiger partial charge is 0.352 e. The highest BCUT2D eigenvalue weighted by molar-refractivity contribution is 14.1. The lowest BCUT2D eigenvalue weighted by atomic mass is 10.1. The van der Waals surface area contributed by atoms with Gasteiger partial charge in [-0.25, -0.2) is 14.8 Å². The lowest BCUT2D eigenvalue weighted by Gasteiger charge is -2.20. The molecule has 86 heavy (non-hydrogen) atoms. The van der Waals surface area contributed by atoms with Crippen LogP contribution in [-0.2, 0) is 67.8 Å². The summed E-state index contributed by atoms with van der Waals surface area (Å²) in [6.07, 6.45) is 12.8. The van der Waals surface area contributed by atoms with Crippen molar-refractivity contribution in [1.82, 2.24) is 23.6 Å². The normalized spacial score (nSPS) is 18.5. The number of carboxylic acid groups (broad SMARTS) is 1. The van der Waals surface area contributed by atoms with Crippen LogP contribution in [0.15, 0.2) is 148 Å². The highest BCUT2D eigenvalue weighted by Crippen LogP contribution is 2.30. The first-order valence-electron chi connectivity index (χ1n) is 26.9. The van der Waals surface area contributed by atoms with Crippen LogP contribution in [0.5, 0.6) is 0 Å². The number of hydrogen-bond donors (Lipinski definition) is 3. The van der Waals surface area contributed by atoms with Crippen LogP contribution < -0.4 is 30.7 Å². The van der Waals surface area contributed by atoms with Gasteiger partial charge in [-0.1, -0.05) is 98.1 Å². The van der Waals surface area contributed by atoms with Crippen molar-refractivity contribution in [1.29, 1.82) is 0 Å². The van der Waals surface area contributed by atoms with Crippen LogP contribution in [0.1, 0.15) is 58.1 Å². The van der Waals surface area contributed by atoms with Crippen molar-refractivity contribution < 1.29 is 33.9 Å². The first-order chi connectivity index (χ1) is 40.1. The molecule has 3 unspecified atom stereocenters. The molecule has 10 heterocycles. The number of anilines is 4. The third-order valence-electron chi connectivity index (χ3n) is 14.3. The van der Waals surface area contributed by atoms with Crippen LogP contribution in [-0.4, -0.2) is 139 Å². The van der Waals surface area contributed by atoms with E-state index in [1.165, 1.54) is 0 Å². The zero-order valence-electron chi connectivity index (χ0n) is 46.5. The Morgan fingerprint density at radius 1 is 0.581 bits per heavy atom. The monoisotopic (exact) mass is 1540 g/mol. The predicted octanol–water partition coefficient (Wildman–Crippen LogP) is 10.0. The van der Waals surface area contributed by atoms with Gasteiger partial charge in [0.1, 0.15) is 52.4 Å². The second kappa shape index (κ2) is 31.5. The molecule has 4 aromatic heterocycles. The first-order valence-corrected chi connectivity index (χ1v) is 31.3. The molecule has 0 fully saturated rings. The minimum absolute atomic E-state index is 0. The van der Waals surface area contributed by atoms with Crippen LogP contribution in [0.3, 0.4) is 0 Å². The summed E-state index contributed by atoms with van der Waals surface area (Å²) < 4.78 is 12.3. The van der Waals surface area contributed by atoms with E-state index in [0.29, 0.717) is 56.0 Å². The Bertz CT molecular complexity index is 3470. The predicted molar refractivity (Wildman–Crippen MR) is 364 cm³/mol. The van der Waals surface area contributed by atoms with Gasteiger partial charge in [-0.05, 0) is 125 Å². The van der Waals surface area contributed by atoms with Crippen molar-refractivity contribution in [3.8, 4) is 0 Å². The molecule has 12 rings (SSSR count). The van der Waals surface area contributed by atoms with Crippen LogP contribution in [0, 0.1) is 0 Å². The Balaban J connectivity index is 0.000000178. The number of alkyl halides is 1. The number of likely N-dealkylation sites (N-methyl/N-ethyl adjacent to an activating group) is 2. The number of nitrogens with zero attached hydrogens (tertiary/aromatic N) is 12. The summed E-state index contributed by atoms with van der Waals surface area (Å²) in [6.45, 7) is 3.71. The van der Waals surface area contributed by atoms with E-state index in [9.17, 15) is 28.8 Å². The largest absolute Gasteiger partial charge is 0.477 e. The lowest BCUT2D eigenvalue weighted by Crippen LogP contribution is -2.49. The number of amides is 5. The average molecular weight is 1550 g/mol. The highest BCUT2D eigenvalue weighted by atomic mass is 127. The van der Waals surface area contributed by atoms with E-state index in [1.54, 1.807) is 33.7 Å². The van der Waals surface area contributed by atoms with Crippen molar-refractivity contribution in [3.05, 3.63) is 139 Å². The fourth-order valence-electron chi connectivity index (χ4n) is 9.75. The van der Waals surface area contributed by atoms with E-state index in [2.05, 4.69) is 121 Å². The molecule has 2 aromatic carbocycles. The number of carbonyl (C=O) groups excluding carboxylic acids is 5. The van der Waals surface area contributed by atoms with Crippen molar-refractivity contribution in [2.45, 2.75) is 102 Å². The van der Waals surface area contributed by atoms with Crippen molar-refractivity contribution in [2.24, 2.45) is 25.7 Å². The van der Waals surface area contributed by atoms with Gasteiger partial charge >= 0.3 is 5.97 Å². The number of carboxylic acids is 1. The summed E-state index contributed by atoms with van der Waals surface area (Å²) >= 11 is 15.9. The number of aliphatic carboxylic acids is 1. The number of halogens is 5. The standard InChI is InChI=1S/C20H20BrN5O2.C11H10N2O2.C9H10BrIN2O.C9H12BrN3O.C9H11BrN2O.2CH4/c1-25-18-10-14(21)12-26(18)8-7-15(20(25)28)24-19(27)16-11-22-17(23-16)9-13-5-3-2-4-6-13;14-11(15)9-7-12-10(13-9)6-8-4-2-1-3-5-8;2*1-12-8-4-6(10)5-13(8)3-2-7(11)9(12)14;1-11-8-5-7(10)6-12(8)4-2-3-9(11)13;;/h2-6,10,12,15H,7-9,11H2,1H3,(H,24,27);1-5H,6-7H2,(H,14,15);4-5,7H,2-3H2,1H3;4-5,7H,2-3,11H2,1H3;5-6H,2-4H2,1H3;2*1H4. The van der Waals surface area contributed by atoms with Crippen LogP contribution in [0.4, 0.5) is 23.3 Å². The molecule has 0 saturated carbocycles. The molecular formula is C60H71Br4IN14O7. The van der Waals surface area contributed by atoms with Crippen LogP contribution in [0.25, 0.3) is 0 Å². The molecule has 4 N–H and O–H groups in total. The topological polar surface area (TPSA) is 243 Å². The Hall–Kier alpha value is -6.33. The van der Waals surface area contributed by atoms with Gasteiger partial charge in [0.05, 0.1) is 23.1 Å². The number of aromatic nitrogens is 4. The zero-order valence-corrected chi connectivity index (χ0v) is 55.0. The SMILES string of the molecule is C.C.CN1C(=O)C(I)CCn2cc(Br)cc21.CN1C(=O)C(N)CCn2cc(Br)cc21.CN1C(=O)C(NC(=O)C2=NC(Cc3ccccc3)=NC2)CCn2cc(Br)cc21.CN1C(=O)CCCn2cc(Br)cc21.O=C(O)C1=NC(Cc2ccccc2)=NC1. The molecule has 5 amide bonds. The average Bonchev–Trinajstić information content (AvgIpc) is 2.80. The molecule has 6 aliphatic rings. The molecule has 3 atom stereocenters. The minimum atomic E-state index is -0.984. The Morgan fingerprint density at radius 3 is 1.47 bits per heavy atom. The Kier molecular flexibility index (Phi) is 25.2. The van der Waals surface area contributed by atoms with E-state index in [0.717, 1.165) is 84.8 Å². The summed E-state index contributed by atoms with van der Waals surface area (Å²) in [5.74, 6) is 3.81. The molecule has 0 saturated heterocycles. The van der Waals surface area contributed by atoms with Gasteiger partial charge in [-0.2, -0.15) is 0 Å². The number of aryl methyl sites for hydroxylation is 4. The maximum Gasteiger partial charge on any atom is 0.352 e. The Labute approximate surface area is 548 Å². The van der Waals surface area contributed by atoms with Crippen molar-refractivity contribution >= 4 is 168 Å². The van der Waals surface area contributed by atoms with Crippen LogP contribution >= 0.6 is 86.3 Å². The van der Waals surface area contributed by atoms with Crippen LogP contribution in [0.2, 0.25) is 0 Å². The van der Waals surface area contributed by atoms with E-state index < -0.39 is 12.0 Å². The fourth-order valence-corrected chi connectivity index (χ4v) is 12.3. The number of rotatable bonds is 7. The highest BCUT2D eigenvalue weighted by Gasteiger charge is 2.32. The summed E-state index contributed by atoms with van der Waals surface area (Å²) in [5.41, 5.74) is 8.40. The molecular weight excluding hydrogens is 1480 g/mol.